The fraction of sp³-hybridized carbons (Fsp3) is 0.174. The zero-order chi connectivity index (χ0) is 21.5. The molecule has 1 heterocycles. The van der Waals surface area contributed by atoms with Gasteiger partial charge in [0.05, 0.1) is 17.7 Å². The monoisotopic (exact) mass is 438 g/mol. The number of nitrogens with zero attached hydrogens (tertiary/aromatic N) is 1. The molecule has 0 saturated carbocycles. The van der Waals surface area contributed by atoms with E-state index < -0.39 is 0 Å². The van der Waals surface area contributed by atoms with Crippen molar-refractivity contribution in [3.05, 3.63) is 76.7 Å². The molecule has 1 aliphatic rings. The minimum atomic E-state index is -0.210. The number of benzene rings is 2. The number of carbonyl (C=O) groups is 2. The minimum absolute atomic E-state index is 0.136. The number of ether oxygens (including phenoxy) is 1. The fourth-order valence-corrected chi connectivity index (χ4v) is 4.29. The number of thiocarbonyl (C=S) groups is 1. The van der Waals surface area contributed by atoms with Crippen molar-refractivity contribution in [3.63, 3.8) is 0 Å². The van der Waals surface area contributed by atoms with E-state index in [9.17, 15) is 9.59 Å². The van der Waals surface area contributed by atoms with Gasteiger partial charge in [-0.15, -0.1) is 0 Å². The second-order valence-electron chi connectivity index (χ2n) is 6.63. The molecule has 0 atom stereocenters. The first-order valence-corrected chi connectivity index (χ1v) is 10.6. The quantitative estimate of drug-likeness (QED) is 0.494. The van der Waals surface area contributed by atoms with Crippen LogP contribution in [0.4, 0.5) is 5.69 Å². The second-order valence-corrected chi connectivity index (χ2v) is 8.31. The third kappa shape index (κ3) is 5.58. The van der Waals surface area contributed by atoms with Gasteiger partial charge in [-0.05, 0) is 36.3 Å². The summed E-state index contributed by atoms with van der Waals surface area (Å²) in [5.74, 6) is 0.202. The first-order valence-electron chi connectivity index (χ1n) is 9.39. The average Bonchev–Trinajstić information content (AvgIpc) is 3.00. The predicted molar refractivity (Wildman–Crippen MR) is 126 cm³/mol. The molecule has 0 spiro atoms. The molecule has 3 rings (SSSR count). The summed E-state index contributed by atoms with van der Waals surface area (Å²) in [5.41, 5.74) is 2.61. The van der Waals surface area contributed by atoms with Crippen molar-refractivity contribution >= 4 is 51.9 Å². The number of methoxy groups -OCH3 is 1. The number of para-hydroxylation sites is 2. The lowest BCUT2D eigenvalue weighted by atomic mass is 10.1. The largest absolute Gasteiger partial charge is 0.495 e. The first-order chi connectivity index (χ1) is 14.5. The Morgan fingerprint density at radius 1 is 1.17 bits per heavy atom. The lowest BCUT2D eigenvalue weighted by Gasteiger charge is -2.15. The summed E-state index contributed by atoms with van der Waals surface area (Å²) < 4.78 is 5.70. The number of rotatable bonds is 7. The molecule has 1 N–H and O–H groups in total. The Balaban J connectivity index is 1.61. The molecule has 2 amide bonds. The highest BCUT2D eigenvalue weighted by molar-refractivity contribution is 8.26. The maximum atomic E-state index is 12.7. The van der Waals surface area contributed by atoms with Crippen LogP contribution in [0.2, 0.25) is 0 Å². The van der Waals surface area contributed by atoms with Gasteiger partial charge in [0.2, 0.25) is 5.91 Å². The molecule has 1 saturated heterocycles. The summed E-state index contributed by atoms with van der Waals surface area (Å²) in [5, 5.41) is 2.81. The third-order valence-electron chi connectivity index (χ3n) is 4.37. The molecule has 0 unspecified atom stereocenters. The summed E-state index contributed by atoms with van der Waals surface area (Å²) in [6.45, 7) is 2.17. The van der Waals surface area contributed by atoms with Crippen LogP contribution in [0.3, 0.4) is 0 Å². The van der Waals surface area contributed by atoms with Crippen LogP contribution in [0.15, 0.2) is 71.2 Å². The number of carbonyl (C=O) groups excluding carboxylic acids is 2. The van der Waals surface area contributed by atoms with E-state index in [1.807, 2.05) is 61.5 Å². The van der Waals surface area contributed by atoms with Crippen LogP contribution in [0.5, 0.6) is 5.75 Å². The Morgan fingerprint density at radius 2 is 1.87 bits per heavy atom. The third-order valence-corrected chi connectivity index (χ3v) is 5.75. The van der Waals surface area contributed by atoms with E-state index in [-0.39, 0.29) is 24.8 Å². The Labute approximate surface area is 185 Å². The molecule has 2 aromatic carbocycles. The van der Waals surface area contributed by atoms with Crippen LogP contribution < -0.4 is 10.1 Å². The van der Waals surface area contributed by atoms with Gasteiger partial charge in [-0.25, -0.2) is 0 Å². The summed E-state index contributed by atoms with van der Waals surface area (Å²) in [6.07, 6.45) is 3.98. The Kier molecular flexibility index (Phi) is 7.43. The van der Waals surface area contributed by atoms with E-state index in [4.69, 9.17) is 17.0 Å². The fourth-order valence-electron chi connectivity index (χ4n) is 2.93. The average molecular weight is 439 g/mol. The van der Waals surface area contributed by atoms with Gasteiger partial charge in [0.25, 0.3) is 5.91 Å². The van der Waals surface area contributed by atoms with Crippen LogP contribution in [0.1, 0.15) is 18.9 Å². The van der Waals surface area contributed by atoms with E-state index in [0.29, 0.717) is 20.7 Å². The molecule has 0 radical (unpaired) electrons. The predicted octanol–water partition coefficient (Wildman–Crippen LogP) is 4.87. The number of amides is 2. The smallest absolute Gasteiger partial charge is 0.266 e. The molecular weight excluding hydrogens is 416 g/mol. The van der Waals surface area contributed by atoms with E-state index in [1.165, 1.54) is 16.7 Å². The van der Waals surface area contributed by atoms with Crippen molar-refractivity contribution < 1.29 is 14.3 Å². The highest BCUT2D eigenvalue weighted by Gasteiger charge is 2.32. The second kappa shape index (κ2) is 10.2. The molecule has 2 aromatic rings. The van der Waals surface area contributed by atoms with Crippen molar-refractivity contribution in [3.8, 4) is 5.75 Å². The van der Waals surface area contributed by atoms with Crippen LogP contribution in [0.25, 0.3) is 6.08 Å². The molecule has 0 aromatic heterocycles. The zero-order valence-corrected chi connectivity index (χ0v) is 18.4. The van der Waals surface area contributed by atoms with Crippen molar-refractivity contribution in [1.29, 1.82) is 0 Å². The number of hydrogen-bond acceptors (Lipinski definition) is 5. The zero-order valence-electron chi connectivity index (χ0n) is 16.8. The molecule has 1 fully saturated rings. The van der Waals surface area contributed by atoms with Gasteiger partial charge in [0.1, 0.15) is 10.1 Å². The lowest BCUT2D eigenvalue weighted by molar-refractivity contribution is -0.122. The number of thioether (sulfide) groups is 1. The maximum Gasteiger partial charge on any atom is 0.266 e. The molecule has 5 nitrogen and oxygen atoms in total. The van der Waals surface area contributed by atoms with Gasteiger partial charge < -0.3 is 10.1 Å². The van der Waals surface area contributed by atoms with E-state index in [1.54, 1.807) is 19.2 Å². The van der Waals surface area contributed by atoms with Crippen molar-refractivity contribution in [2.75, 3.05) is 19.0 Å². The van der Waals surface area contributed by atoms with Crippen LogP contribution in [-0.2, 0) is 9.59 Å². The van der Waals surface area contributed by atoms with Gasteiger partial charge in [-0.1, -0.05) is 72.5 Å². The van der Waals surface area contributed by atoms with Crippen LogP contribution >= 0.6 is 24.0 Å². The Bertz CT molecular complexity index is 1020. The highest BCUT2D eigenvalue weighted by Crippen LogP contribution is 2.32. The van der Waals surface area contributed by atoms with Gasteiger partial charge in [-0.2, -0.15) is 0 Å². The molecule has 154 valence electrons. The van der Waals surface area contributed by atoms with Gasteiger partial charge in [-0.3, -0.25) is 14.5 Å². The number of allylic oxidation sites excluding steroid dienone is 2. The highest BCUT2D eigenvalue weighted by atomic mass is 32.2. The van der Waals surface area contributed by atoms with Gasteiger partial charge in [0.15, 0.2) is 0 Å². The standard InChI is InChI=1S/C23H22N2O3S2/c1-16(14-17-8-4-3-5-9-17)15-20-22(27)25(23(29)30-20)13-12-21(26)24-18-10-6-7-11-19(18)28-2/h3-11,14-15H,12-13H2,1-2H3,(H,24,26). The summed E-state index contributed by atoms with van der Waals surface area (Å²) in [4.78, 5) is 27.1. The number of anilines is 1. The molecule has 0 aliphatic carbocycles. The topological polar surface area (TPSA) is 58.6 Å². The SMILES string of the molecule is COc1ccccc1NC(=O)CCN1C(=O)C(=CC(C)=Cc2ccccc2)SC1=S. The summed E-state index contributed by atoms with van der Waals surface area (Å²) in [6, 6.07) is 17.1. The minimum Gasteiger partial charge on any atom is -0.495 e. The van der Waals surface area contributed by atoms with E-state index in [0.717, 1.165) is 11.1 Å². The number of hydrogen-bond donors (Lipinski definition) is 1. The van der Waals surface area contributed by atoms with Crippen LogP contribution in [0, 0.1) is 0 Å². The van der Waals surface area contributed by atoms with Gasteiger partial charge in [0, 0.05) is 13.0 Å². The van der Waals surface area contributed by atoms with Crippen molar-refractivity contribution in [2.24, 2.45) is 0 Å². The maximum absolute atomic E-state index is 12.7. The molecule has 1 aliphatic heterocycles. The normalized spacial score (nSPS) is 15.6. The first kappa shape index (κ1) is 21.8. The van der Waals surface area contributed by atoms with Crippen molar-refractivity contribution in [2.45, 2.75) is 13.3 Å². The Morgan fingerprint density at radius 3 is 2.60 bits per heavy atom. The van der Waals surface area contributed by atoms with Crippen LogP contribution in [-0.4, -0.2) is 34.7 Å². The van der Waals surface area contributed by atoms with E-state index >= 15 is 0 Å². The molecule has 30 heavy (non-hydrogen) atoms. The molecule has 0 bridgehead atoms. The summed E-state index contributed by atoms with van der Waals surface area (Å²) in [7, 11) is 1.55. The van der Waals surface area contributed by atoms with E-state index in [2.05, 4.69) is 5.32 Å². The van der Waals surface area contributed by atoms with Gasteiger partial charge >= 0.3 is 0 Å². The Hall–Kier alpha value is -2.90. The summed E-state index contributed by atoms with van der Waals surface area (Å²) >= 11 is 6.61. The molecular formula is C23H22N2O3S2. The number of nitrogens with one attached hydrogen (secondary N) is 1. The lowest BCUT2D eigenvalue weighted by Crippen LogP contribution is -2.31. The van der Waals surface area contributed by atoms with Crippen molar-refractivity contribution in [1.82, 2.24) is 4.90 Å². The molecule has 7 heteroatoms.